The SMILES string of the molecule is CC(C)N1CCC[C@@]1(S)COc1nc2c(c(N3CCN(C(=O)C(F)(F)F)CC3)n1)CCN(c1cc(O)cc3ccccc13)C2. The van der Waals surface area contributed by atoms with Gasteiger partial charge in [0.1, 0.15) is 18.2 Å². The number of hydrogen-bond donors (Lipinski definition) is 2. The van der Waals surface area contributed by atoms with Gasteiger partial charge in [-0.05, 0) is 51.1 Å². The zero-order valence-corrected chi connectivity index (χ0v) is 25.7. The molecule has 2 fully saturated rings. The van der Waals surface area contributed by atoms with Crippen LogP contribution in [0, 0.1) is 0 Å². The van der Waals surface area contributed by atoms with Crippen LogP contribution in [-0.4, -0.2) is 93.7 Å². The van der Waals surface area contributed by atoms with Crippen LogP contribution in [0.15, 0.2) is 36.4 Å². The number of benzene rings is 2. The lowest BCUT2D eigenvalue weighted by molar-refractivity contribution is -0.185. The topological polar surface area (TPSA) is 85.3 Å². The molecule has 3 aromatic rings. The number of phenolic OH excluding ortho intramolecular Hbond substituents is 1. The van der Waals surface area contributed by atoms with Gasteiger partial charge in [0.25, 0.3) is 0 Å². The number of alkyl halides is 3. The molecule has 6 rings (SSSR count). The van der Waals surface area contributed by atoms with Crippen LogP contribution in [0.25, 0.3) is 10.8 Å². The standard InChI is InChI=1S/C31H37F3N6O3S/c1-20(2)40-10-5-9-30(40,44)19-43-29-35-25-18-39(26-17-22(41)16-21-6-3-4-7-23(21)26)11-8-24(25)27(36-29)37-12-14-38(15-13-37)28(42)31(32,33)34/h3-4,6-7,16-17,20,41,44H,5,8-15,18-19H2,1-2H3/t30-/m1/s1. The van der Waals surface area contributed by atoms with Gasteiger partial charge in [-0.25, -0.2) is 0 Å². The van der Waals surface area contributed by atoms with Crippen molar-refractivity contribution in [2.75, 3.05) is 55.7 Å². The molecule has 236 valence electrons. The van der Waals surface area contributed by atoms with Crippen LogP contribution < -0.4 is 14.5 Å². The molecule has 3 aliphatic heterocycles. The van der Waals surface area contributed by atoms with E-state index in [1.165, 1.54) is 0 Å². The number of rotatable bonds is 6. The molecule has 3 aliphatic rings. The molecule has 4 heterocycles. The number of likely N-dealkylation sites (tertiary alicyclic amines) is 1. The number of aromatic nitrogens is 2. The summed E-state index contributed by atoms with van der Waals surface area (Å²) in [5.41, 5.74) is 2.57. The maximum absolute atomic E-state index is 13.1. The van der Waals surface area contributed by atoms with Crippen LogP contribution in [-0.2, 0) is 17.8 Å². The predicted octanol–water partition coefficient (Wildman–Crippen LogP) is 4.62. The fourth-order valence-corrected chi connectivity index (χ4v) is 7.27. The molecule has 2 aromatic carbocycles. The maximum Gasteiger partial charge on any atom is 0.471 e. The number of carbonyl (C=O) groups is 1. The van der Waals surface area contributed by atoms with E-state index in [1.54, 1.807) is 12.1 Å². The fraction of sp³-hybridized carbons (Fsp3) is 0.516. The molecule has 9 nitrogen and oxygen atoms in total. The van der Waals surface area contributed by atoms with Crippen molar-refractivity contribution in [2.45, 2.75) is 56.7 Å². The Kier molecular flexibility index (Phi) is 8.20. The van der Waals surface area contributed by atoms with E-state index in [-0.39, 0.29) is 44.5 Å². The number of amides is 1. The molecular formula is C31H37F3N6O3S. The number of halogens is 3. The number of aromatic hydroxyl groups is 1. The van der Waals surface area contributed by atoms with Gasteiger partial charge >= 0.3 is 18.1 Å². The number of fused-ring (bicyclic) bond motifs is 2. The first-order valence-corrected chi connectivity index (χ1v) is 15.5. The summed E-state index contributed by atoms with van der Waals surface area (Å²) in [5, 5.41) is 12.4. The average Bonchev–Trinajstić information content (AvgIpc) is 3.40. The molecule has 0 spiro atoms. The van der Waals surface area contributed by atoms with Crippen molar-refractivity contribution in [3.63, 3.8) is 0 Å². The van der Waals surface area contributed by atoms with E-state index in [9.17, 15) is 23.1 Å². The van der Waals surface area contributed by atoms with Gasteiger partial charge in [0.15, 0.2) is 0 Å². The largest absolute Gasteiger partial charge is 0.508 e. The molecule has 1 aromatic heterocycles. The second-order valence-corrected chi connectivity index (χ2v) is 12.9. The van der Waals surface area contributed by atoms with Crippen LogP contribution in [0.5, 0.6) is 11.8 Å². The summed E-state index contributed by atoms with van der Waals surface area (Å²) < 4.78 is 45.5. The Morgan fingerprint density at radius 3 is 2.55 bits per heavy atom. The van der Waals surface area contributed by atoms with E-state index in [4.69, 9.17) is 27.3 Å². The van der Waals surface area contributed by atoms with Crippen molar-refractivity contribution in [3.05, 3.63) is 47.7 Å². The molecule has 1 amide bonds. The molecule has 0 unspecified atom stereocenters. The lowest BCUT2D eigenvalue weighted by Crippen LogP contribution is -2.53. The first kappa shape index (κ1) is 30.6. The molecule has 1 atom stereocenters. The van der Waals surface area contributed by atoms with E-state index >= 15 is 0 Å². The number of anilines is 2. The molecule has 1 N–H and O–H groups in total. The molecule has 13 heteroatoms. The summed E-state index contributed by atoms with van der Waals surface area (Å²) >= 11 is 5.00. The summed E-state index contributed by atoms with van der Waals surface area (Å²) in [4.78, 5) is 28.3. The molecule has 0 bridgehead atoms. The van der Waals surface area contributed by atoms with Gasteiger partial charge in [0, 0.05) is 61.5 Å². The van der Waals surface area contributed by atoms with Gasteiger partial charge in [-0.3, -0.25) is 9.69 Å². The predicted molar refractivity (Wildman–Crippen MR) is 166 cm³/mol. The van der Waals surface area contributed by atoms with Crippen molar-refractivity contribution < 1.29 is 27.8 Å². The second kappa shape index (κ2) is 11.8. The molecule has 44 heavy (non-hydrogen) atoms. The highest BCUT2D eigenvalue weighted by Crippen LogP contribution is 2.38. The maximum atomic E-state index is 13.1. The summed E-state index contributed by atoms with van der Waals surface area (Å²) in [5.74, 6) is -1.01. The number of ether oxygens (including phenoxy) is 1. The summed E-state index contributed by atoms with van der Waals surface area (Å²) in [6.45, 7) is 6.84. The number of carbonyl (C=O) groups excluding carboxylic acids is 1. The van der Waals surface area contributed by atoms with E-state index in [0.717, 1.165) is 52.0 Å². The number of piperazine rings is 1. The highest BCUT2D eigenvalue weighted by molar-refractivity contribution is 7.81. The minimum atomic E-state index is -4.90. The molecule has 2 saturated heterocycles. The number of thiol groups is 1. The van der Waals surface area contributed by atoms with Gasteiger partial charge in [0.05, 0.1) is 17.1 Å². The Morgan fingerprint density at radius 2 is 1.82 bits per heavy atom. The van der Waals surface area contributed by atoms with Gasteiger partial charge in [0.2, 0.25) is 0 Å². The summed E-state index contributed by atoms with van der Waals surface area (Å²) in [7, 11) is 0. The summed E-state index contributed by atoms with van der Waals surface area (Å²) in [6.07, 6.45) is -2.44. The van der Waals surface area contributed by atoms with Gasteiger partial charge in [-0.1, -0.05) is 24.3 Å². The number of phenols is 1. The zero-order valence-electron chi connectivity index (χ0n) is 24.8. The third-order valence-corrected chi connectivity index (χ3v) is 9.47. The van der Waals surface area contributed by atoms with Crippen LogP contribution in [0.4, 0.5) is 24.7 Å². The monoisotopic (exact) mass is 630 g/mol. The van der Waals surface area contributed by atoms with E-state index in [0.29, 0.717) is 31.4 Å². The average molecular weight is 631 g/mol. The smallest absolute Gasteiger partial charge is 0.471 e. The van der Waals surface area contributed by atoms with Crippen LogP contribution in [0.1, 0.15) is 37.9 Å². The van der Waals surface area contributed by atoms with Crippen LogP contribution in [0.3, 0.4) is 0 Å². The Morgan fingerprint density at radius 1 is 1.07 bits per heavy atom. The third-order valence-electron chi connectivity index (χ3n) is 8.86. The highest BCUT2D eigenvalue weighted by atomic mass is 32.1. The number of hydrogen-bond acceptors (Lipinski definition) is 9. The minimum absolute atomic E-state index is 0.0577. The number of nitrogens with zero attached hydrogens (tertiary/aromatic N) is 6. The van der Waals surface area contributed by atoms with Crippen molar-refractivity contribution in [1.82, 2.24) is 19.8 Å². The van der Waals surface area contributed by atoms with Gasteiger partial charge in [-0.15, -0.1) is 0 Å². The molecule has 0 saturated carbocycles. The van der Waals surface area contributed by atoms with Crippen molar-refractivity contribution in [1.29, 1.82) is 0 Å². The Bertz CT molecular complexity index is 1550. The highest BCUT2D eigenvalue weighted by Gasteiger charge is 2.44. The zero-order chi connectivity index (χ0) is 31.2. The second-order valence-electron chi connectivity index (χ2n) is 12.1. The van der Waals surface area contributed by atoms with Gasteiger partial charge in [-0.2, -0.15) is 35.8 Å². The van der Waals surface area contributed by atoms with Crippen molar-refractivity contribution in [3.8, 4) is 11.8 Å². The Hall–Kier alpha value is -3.45. The van der Waals surface area contributed by atoms with E-state index in [2.05, 4.69) is 23.6 Å². The Labute approximate surface area is 260 Å². The minimum Gasteiger partial charge on any atom is -0.508 e. The molecule has 0 radical (unpaired) electrons. The van der Waals surface area contributed by atoms with Crippen molar-refractivity contribution in [2.24, 2.45) is 0 Å². The van der Waals surface area contributed by atoms with E-state index in [1.807, 2.05) is 29.2 Å². The van der Waals surface area contributed by atoms with Crippen LogP contribution in [0.2, 0.25) is 0 Å². The quantitative estimate of drug-likeness (QED) is 0.382. The lowest BCUT2D eigenvalue weighted by atomic mass is 10.0. The lowest BCUT2D eigenvalue weighted by Gasteiger charge is -2.39. The summed E-state index contributed by atoms with van der Waals surface area (Å²) in [6, 6.07) is 11.9. The first-order chi connectivity index (χ1) is 20.9. The fourth-order valence-electron chi connectivity index (χ4n) is 6.72. The first-order valence-electron chi connectivity index (χ1n) is 15.0. The van der Waals surface area contributed by atoms with E-state index < -0.39 is 17.0 Å². The molecular weight excluding hydrogens is 593 g/mol. The third kappa shape index (κ3) is 5.95. The Balaban J connectivity index is 1.31. The molecule has 0 aliphatic carbocycles. The van der Waals surface area contributed by atoms with Crippen molar-refractivity contribution >= 4 is 40.8 Å². The normalized spacial score (nSPS) is 21.3. The van der Waals surface area contributed by atoms with Crippen LogP contribution >= 0.6 is 12.6 Å². The van der Waals surface area contributed by atoms with Gasteiger partial charge < -0.3 is 24.5 Å².